The Morgan fingerprint density at radius 3 is 2.76 bits per heavy atom. The van der Waals surface area contributed by atoms with E-state index in [1.165, 1.54) is 0 Å². The minimum Gasteiger partial charge on any atom is -0.315 e. The summed E-state index contributed by atoms with van der Waals surface area (Å²) < 4.78 is 2.32. The second kappa shape index (κ2) is 3.78. The molecule has 5 heteroatoms. The van der Waals surface area contributed by atoms with E-state index in [0.717, 1.165) is 22.4 Å². The third-order valence-electron chi connectivity index (χ3n) is 2.64. The molecule has 2 heterocycles. The molecule has 0 aliphatic rings. The van der Waals surface area contributed by atoms with Crippen molar-refractivity contribution in [2.24, 2.45) is 0 Å². The van der Waals surface area contributed by atoms with Crippen molar-refractivity contribution in [1.29, 1.82) is 0 Å². The molecule has 0 unspecified atom stereocenters. The number of hydrogen-bond donors (Lipinski definition) is 1. The van der Waals surface area contributed by atoms with Gasteiger partial charge in [0.25, 0.3) is 0 Å². The maximum Gasteiger partial charge on any atom is 0.198 e. The Labute approximate surface area is 103 Å². The highest BCUT2D eigenvalue weighted by molar-refractivity contribution is 7.71. The van der Waals surface area contributed by atoms with E-state index in [4.69, 9.17) is 12.2 Å². The van der Waals surface area contributed by atoms with Gasteiger partial charge in [-0.05, 0) is 31.3 Å². The lowest BCUT2D eigenvalue weighted by atomic mass is 10.3. The van der Waals surface area contributed by atoms with Crippen molar-refractivity contribution in [1.82, 2.24) is 19.7 Å². The lowest BCUT2D eigenvalue weighted by Gasteiger charge is -2.01. The van der Waals surface area contributed by atoms with E-state index in [0.29, 0.717) is 4.77 Å². The second-order valence-corrected chi connectivity index (χ2v) is 4.17. The first-order valence-electron chi connectivity index (χ1n) is 5.26. The van der Waals surface area contributed by atoms with E-state index >= 15 is 0 Å². The van der Waals surface area contributed by atoms with Gasteiger partial charge in [-0.1, -0.05) is 18.2 Å². The van der Waals surface area contributed by atoms with Gasteiger partial charge in [0.2, 0.25) is 0 Å². The molecule has 0 aliphatic carbocycles. The average Bonchev–Trinajstić information content (AvgIpc) is 2.67. The maximum atomic E-state index is 5.05. The summed E-state index contributed by atoms with van der Waals surface area (Å²) in [4.78, 5) is 7.16. The van der Waals surface area contributed by atoms with Crippen LogP contribution in [0.1, 0.15) is 5.69 Å². The molecular formula is C12H10N4S. The molecule has 4 nitrogen and oxygen atoms in total. The molecule has 3 aromatic rings. The zero-order valence-electron chi connectivity index (χ0n) is 9.21. The third kappa shape index (κ3) is 1.64. The molecule has 3 rings (SSSR count). The number of rotatable bonds is 1. The molecule has 0 radical (unpaired) electrons. The number of hydrogen-bond acceptors (Lipinski definition) is 3. The monoisotopic (exact) mass is 242 g/mol. The van der Waals surface area contributed by atoms with Gasteiger partial charge in [0.15, 0.2) is 4.77 Å². The predicted octanol–water partition coefficient (Wildman–Crippen LogP) is 2.79. The van der Waals surface area contributed by atoms with Crippen molar-refractivity contribution >= 4 is 23.3 Å². The van der Waals surface area contributed by atoms with E-state index in [9.17, 15) is 0 Å². The molecule has 17 heavy (non-hydrogen) atoms. The maximum absolute atomic E-state index is 5.05. The molecule has 0 bridgehead atoms. The Morgan fingerprint density at radius 2 is 2.00 bits per heavy atom. The number of nitrogens with zero attached hydrogens (tertiary/aromatic N) is 3. The van der Waals surface area contributed by atoms with Gasteiger partial charge < -0.3 is 4.98 Å². The Bertz CT molecular complexity index is 727. The van der Waals surface area contributed by atoms with Crippen LogP contribution in [0.4, 0.5) is 0 Å². The van der Waals surface area contributed by atoms with Crippen molar-refractivity contribution < 1.29 is 0 Å². The van der Waals surface area contributed by atoms with Crippen LogP contribution in [0.3, 0.4) is 0 Å². The fourth-order valence-corrected chi connectivity index (χ4v) is 1.98. The number of aromatic amines is 1. The second-order valence-electron chi connectivity index (χ2n) is 3.78. The summed E-state index contributed by atoms with van der Waals surface area (Å²) in [6.07, 6.45) is 1.76. The van der Waals surface area contributed by atoms with Crippen LogP contribution in [0, 0.1) is 11.7 Å². The Hall–Kier alpha value is -2.01. The molecular weight excluding hydrogens is 232 g/mol. The molecule has 84 valence electrons. The van der Waals surface area contributed by atoms with E-state index in [1.807, 2.05) is 41.9 Å². The summed E-state index contributed by atoms with van der Waals surface area (Å²) in [5.41, 5.74) is 2.82. The number of nitrogens with one attached hydrogen (secondary N) is 1. The lowest BCUT2D eigenvalue weighted by molar-refractivity contribution is 0.875. The molecule has 0 amide bonds. The number of aryl methyl sites for hydroxylation is 1. The van der Waals surface area contributed by atoms with E-state index in [1.54, 1.807) is 6.20 Å². The van der Waals surface area contributed by atoms with Crippen molar-refractivity contribution in [2.45, 2.75) is 6.92 Å². The number of fused-ring (bicyclic) bond motifs is 1. The Kier molecular flexibility index (Phi) is 2.26. The molecule has 0 spiro atoms. The van der Waals surface area contributed by atoms with Crippen LogP contribution in [0.15, 0.2) is 36.5 Å². The summed E-state index contributed by atoms with van der Waals surface area (Å²) >= 11 is 5.05. The standard InChI is InChI=1S/C12H10N4S/c1-8-10-7-13-12(17)14-11(10)16(15-8)9-5-3-2-4-6-9/h2-7H,1H3,(H,13,14,17). The Balaban J connectivity index is 2.38. The molecule has 1 N–H and O–H groups in total. The SMILES string of the molecule is Cc1nn(-c2ccccc2)c2[nH]c(=S)ncc12. The molecule has 0 fully saturated rings. The zero-order chi connectivity index (χ0) is 11.8. The van der Waals surface area contributed by atoms with Gasteiger partial charge >= 0.3 is 0 Å². The van der Waals surface area contributed by atoms with Gasteiger partial charge in [0.1, 0.15) is 5.65 Å². The summed E-state index contributed by atoms with van der Waals surface area (Å²) in [5.74, 6) is 0. The van der Waals surface area contributed by atoms with Gasteiger partial charge in [-0.2, -0.15) is 5.10 Å². The van der Waals surface area contributed by atoms with Crippen molar-refractivity contribution in [3.05, 3.63) is 47.0 Å². The third-order valence-corrected chi connectivity index (χ3v) is 2.85. The fourth-order valence-electron chi connectivity index (χ4n) is 1.83. The minimum absolute atomic E-state index is 0.467. The van der Waals surface area contributed by atoms with E-state index in [-0.39, 0.29) is 0 Å². The van der Waals surface area contributed by atoms with Crippen LogP contribution in [-0.4, -0.2) is 19.7 Å². The topological polar surface area (TPSA) is 46.5 Å². The quantitative estimate of drug-likeness (QED) is 0.667. The first-order chi connectivity index (χ1) is 8.25. The summed E-state index contributed by atoms with van der Waals surface area (Å²) in [7, 11) is 0. The van der Waals surface area contributed by atoms with Crippen LogP contribution in [0.25, 0.3) is 16.7 Å². The summed E-state index contributed by atoms with van der Waals surface area (Å²) in [6, 6.07) is 9.94. The first kappa shape index (κ1) is 10.2. The van der Waals surface area contributed by atoms with Gasteiger partial charge in [0, 0.05) is 6.20 Å². The number of H-pyrrole nitrogens is 1. The first-order valence-corrected chi connectivity index (χ1v) is 5.66. The molecule has 0 saturated carbocycles. The van der Waals surface area contributed by atoms with Gasteiger partial charge in [0.05, 0.1) is 16.8 Å². The minimum atomic E-state index is 0.467. The van der Waals surface area contributed by atoms with Gasteiger partial charge in [-0.3, -0.25) is 0 Å². The average molecular weight is 242 g/mol. The normalized spacial score (nSPS) is 10.9. The smallest absolute Gasteiger partial charge is 0.198 e. The molecule has 0 aliphatic heterocycles. The predicted molar refractivity (Wildman–Crippen MR) is 68.8 cm³/mol. The van der Waals surface area contributed by atoms with Crippen LogP contribution < -0.4 is 0 Å². The largest absolute Gasteiger partial charge is 0.315 e. The molecule has 0 saturated heterocycles. The number of benzene rings is 1. The van der Waals surface area contributed by atoms with Crippen LogP contribution in [-0.2, 0) is 0 Å². The molecule has 2 aromatic heterocycles. The van der Waals surface area contributed by atoms with Gasteiger partial charge in [-0.15, -0.1) is 0 Å². The molecule has 1 aromatic carbocycles. The van der Waals surface area contributed by atoms with Crippen LogP contribution in [0.2, 0.25) is 0 Å². The van der Waals surface area contributed by atoms with Crippen LogP contribution >= 0.6 is 12.2 Å². The highest BCUT2D eigenvalue weighted by Crippen LogP contribution is 2.18. The van der Waals surface area contributed by atoms with E-state index in [2.05, 4.69) is 15.1 Å². The highest BCUT2D eigenvalue weighted by Gasteiger charge is 2.08. The Morgan fingerprint density at radius 1 is 1.24 bits per heavy atom. The van der Waals surface area contributed by atoms with Crippen molar-refractivity contribution in [3.8, 4) is 5.69 Å². The number of para-hydroxylation sites is 1. The number of aromatic nitrogens is 4. The highest BCUT2D eigenvalue weighted by atomic mass is 32.1. The summed E-state index contributed by atoms with van der Waals surface area (Å²) in [6.45, 7) is 1.96. The molecule has 0 atom stereocenters. The van der Waals surface area contributed by atoms with Crippen molar-refractivity contribution in [3.63, 3.8) is 0 Å². The lowest BCUT2D eigenvalue weighted by Crippen LogP contribution is -1.97. The van der Waals surface area contributed by atoms with Crippen LogP contribution in [0.5, 0.6) is 0 Å². The van der Waals surface area contributed by atoms with Crippen molar-refractivity contribution in [2.75, 3.05) is 0 Å². The summed E-state index contributed by atoms with van der Waals surface area (Å²) in [5, 5.41) is 5.49. The fraction of sp³-hybridized carbons (Fsp3) is 0.0833. The van der Waals surface area contributed by atoms with Gasteiger partial charge in [-0.25, -0.2) is 9.67 Å². The zero-order valence-corrected chi connectivity index (χ0v) is 10.0. The van der Waals surface area contributed by atoms with E-state index < -0.39 is 0 Å².